The molecule has 0 aliphatic heterocycles. The zero-order chi connectivity index (χ0) is 18.2. The van der Waals surface area contributed by atoms with Crippen LogP contribution in [0.2, 0.25) is 0 Å². The second kappa shape index (κ2) is 8.93. The summed E-state index contributed by atoms with van der Waals surface area (Å²) in [5, 5.41) is 11.7. The first-order valence-electron chi connectivity index (χ1n) is 7.97. The molecule has 2 rings (SSSR count). The maximum absolute atomic E-state index is 13.6. The number of aryl methyl sites for hydroxylation is 1. The van der Waals surface area contributed by atoms with E-state index in [0.29, 0.717) is 24.1 Å². The zero-order valence-electron chi connectivity index (χ0n) is 13.6. The number of carbonyl (C=O) groups excluding carboxylic acids is 1. The number of aliphatic carboxylic acids is 1. The van der Waals surface area contributed by atoms with Crippen molar-refractivity contribution in [1.29, 1.82) is 0 Å². The third-order valence-corrected chi connectivity index (χ3v) is 3.83. The molecule has 1 aromatic heterocycles. The first-order chi connectivity index (χ1) is 12.0. The van der Waals surface area contributed by atoms with Crippen molar-refractivity contribution in [3.63, 3.8) is 0 Å². The second-order valence-corrected chi connectivity index (χ2v) is 5.75. The average Bonchev–Trinajstić information content (AvgIpc) is 3.08. The Bertz CT molecular complexity index is 706. The highest BCUT2D eigenvalue weighted by molar-refractivity contribution is 5.86. The van der Waals surface area contributed by atoms with Gasteiger partial charge in [-0.1, -0.05) is 18.2 Å². The van der Waals surface area contributed by atoms with E-state index in [0.717, 1.165) is 0 Å². The molecule has 25 heavy (non-hydrogen) atoms. The molecule has 7 nitrogen and oxygen atoms in total. The van der Waals surface area contributed by atoms with Crippen LogP contribution in [0.25, 0.3) is 0 Å². The van der Waals surface area contributed by atoms with Gasteiger partial charge >= 0.3 is 5.97 Å². The summed E-state index contributed by atoms with van der Waals surface area (Å²) in [5.41, 5.74) is 6.93. The predicted molar refractivity (Wildman–Crippen MR) is 89.2 cm³/mol. The lowest BCUT2D eigenvalue weighted by molar-refractivity contribution is -0.142. The van der Waals surface area contributed by atoms with Crippen molar-refractivity contribution >= 4 is 11.9 Å². The summed E-state index contributed by atoms with van der Waals surface area (Å²) in [6.07, 6.45) is 4.30. The van der Waals surface area contributed by atoms with Gasteiger partial charge in [0.25, 0.3) is 0 Å². The lowest BCUT2D eigenvalue weighted by atomic mass is 10.0. The number of carboxylic acids is 1. The zero-order valence-corrected chi connectivity index (χ0v) is 13.6. The Morgan fingerprint density at radius 2 is 2.12 bits per heavy atom. The third kappa shape index (κ3) is 5.68. The lowest BCUT2D eigenvalue weighted by Crippen LogP contribution is -2.49. The van der Waals surface area contributed by atoms with E-state index in [-0.39, 0.29) is 18.7 Å². The molecule has 2 atom stereocenters. The molecule has 0 aliphatic rings. The molecule has 0 spiro atoms. The topological polar surface area (TPSA) is 121 Å². The van der Waals surface area contributed by atoms with Crippen LogP contribution in [-0.4, -0.2) is 39.0 Å². The maximum Gasteiger partial charge on any atom is 0.326 e. The summed E-state index contributed by atoms with van der Waals surface area (Å²) in [6.45, 7) is 0. The van der Waals surface area contributed by atoms with E-state index in [4.69, 9.17) is 5.73 Å². The SMILES string of the molecule is N[C@@H](Cc1c[nH]cn1)C(=O)NC(CCCc1ccccc1F)C(=O)O. The highest BCUT2D eigenvalue weighted by Gasteiger charge is 2.23. The minimum atomic E-state index is -1.14. The molecule has 8 heteroatoms. The van der Waals surface area contributed by atoms with Gasteiger partial charge in [-0.2, -0.15) is 0 Å². The Hall–Kier alpha value is -2.74. The molecule has 2 aromatic rings. The molecule has 0 saturated carbocycles. The molecular weight excluding hydrogens is 327 g/mol. The molecule has 0 aliphatic carbocycles. The van der Waals surface area contributed by atoms with Gasteiger partial charge in [0, 0.05) is 12.6 Å². The van der Waals surface area contributed by atoms with Gasteiger partial charge in [-0.05, 0) is 30.9 Å². The van der Waals surface area contributed by atoms with Gasteiger partial charge in [0.2, 0.25) is 5.91 Å². The Balaban J connectivity index is 1.84. The van der Waals surface area contributed by atoms with Crippen molar-refractivity contribution in [1.82, 2.24) is 15.3 Å². The summed E-state index contributed by atoms with van der Waals surface area (Å²) in [6, 6.07) is 4.38. The normalized spacial score (nSPS) is 13.2. The van der Waals surface area contributed by atoms with Crippen LogP contribution in [0.5, 0.6) is 0 Å². The van der Waals surface area contributed by atoms with Crippen molar-refractivity contribution in [2.24, 2.45) is 5.73 Å². The van der Waals surface area contributed by atoms with Crippen LogP contribution in [0.3, 0.4) is 0 Å². The van der Waals surface area contributed by atoms with Crippen LogP contribution in [-0.2, 0) is 22.4 Å². The van der Waals surface area contributed by atoms with E-state index < -0.39 is 24.0 Å². The van der Waals surface area contributed by atoms with E-state index >= 15 is 0 Å². The summed E-state index contributed by atoms with van der Waals surface area (Å²) >= 11 is 0. The number of nitrogens with two attached hydrogens (primary N) is 1. The third-order valence-electron chi connectivity index (χ3n) is 3.83. The number of amides is 1. The molecule has 1 unspecified atom stereocenters. The van der Waals surface area contributed by atoms with Gasteiger partial charge in [0.1, 0.15) is 11.9 Å². The first-order valence-corrected chi connectivity index (χ1v) is 7.97. The van der Waals surface area contributed by atoms with E-state index in [2.05, 4.69) is 15.3 Å². The largest absolute Gasteiger partial charge is 0.480 e. The Labute approximate surface area is 144 Å². The van der Waals surface area contributed by atoms with Crippen LogP contribution < -0.4 is 11.1 Å². The number of hydrogen-bond acceptors (Lipinski definition) is 4. The Kier molecular flexibility index (Phi) is 6.64. The van der Waals surface area contributed by atoms with Crippen molar-refractivity contribution in [3.05, 3.63) is 53.9 Å². The number of benzene rings is 1. The molecule has 0 radical (unpaired) electrons. The Morgan fingerprint density at radius 1 is 1.36 bits per heavy atom. The van der Waals surface area contributed by atoms with Gasteiger partial charge in [-0.15, -0.1) is 0 Å². The van der Waals surface area contributed by atoms with Gasteiger partial charge in [0.05, 0.1) is 18.1 Å². The molecule has 5 N–H and O–H groups in total. The summed E-state index contributed by atoms with van der Waals surface area (Å²) in [4.78, 5) is 30.1. The molecule has 0 saturated heterocycles. The summed E-state index contributed by atoms with van der Waals surface area (Å²) in [7, 11) is 0. The first kappa shape index (κ1) is 18.6. The number of hydrogen-bond donors (Lipinski definition) is 4. The van der Waals surface area contributed by atoms with E-state index in [9.17, 15) is 19.1 Å². The fraction of sp³-hybridized carbons (Fsp3) is 0.353. The van der Waals surface area contributed by atoms with E-state index in [1.807, 2.05) is 0 Å². The van der Waals surface area contributed by atoms with Crippen molar-refractivity contribution in [2.75, 3.05) is 0 Å². The number of nitrogens with zero attached hydrogens (tertiary/aromatic N) is 1. The number of aromatic amines is 1. The molecule has 1 aromatic carbocycles. The van der Waals surface area contributed by atoms with Crippen LogP contribution >= 0.6 is 0 Å². The number of H-pyrrole nitrogens is 1. The van der Waals surface area contributed by atoms with E-state index in [1.165, 1.54) is 12.4 Å². The number of carbonyl (C=O) groups is 2. The monoisotopic (exact) mass is 348 g/mol. The number of carboxylic acid groups (broad SMARTS) is 1. The predicted octanol–water partition coefficient (Wildman–Crippen LogP) is 1.01. The highest BCUT2D eigenvalue weighted by Crippen LogP contribution is 2.11. The average molecular weight is 348 g/mol. The maximum atomic E-state index is 13.6. The van der Waals surface area contributed by atoms with Gasteiger partial charge in [-0.25, -0.2) is 14.2 Å². The fourth-order valence-corrected chi connectivity index (χ4v) is 2.45. The molecule has 134 valence electrons. The van der Waals surface area contributed by atoms with Crippen LogP contribution in [0, 0.1) is 5.82 Å². The number of rotatable bonds is 9. The van der Waals surface area contributed by atoms with Crippen LogP contribution in [0.15, 0.2) is 36.8 Å². The van der Waals surface area contributed by atoms with Crippen LogP contribution in [0.1, 0.15) is 24.1 Å². The standard InChI is InChI=1S/C17H21FN4O3/c18-13-6-2-1-4-11(13)5-3-7-15(17(24)25)22-16(23)14(19)8-12-9-20-10-21-12/h1-2,4,6,9-10,14-15H,3,5,7-8,19H2,(H,20,21)(H,22,23)(H,24,25)/t14-,15?/m0/s1. The summed E-state index contributed by atoms with van der Waals surface area (Å²) in [5.74, 6) is -2.02. The van der Waals surface area contributed by atoms with Gasteiger partial charge < -0.3 is 21.1 Å². The van der Waals surface area contributed by atoms with Crippen molar-refractivity contribution in [3.8, 4) is 0 Å². The fourth-order valence-electron chi connectivity index (χ4n) is 2.45. The molecule has 0 bridgehead atoms. The minimum absolute atomic E-state index is 0.185. The van der Waals surface area contributed by atoms with E-state index in [1.54, 1.807) is 24.4 Å². The molecule has 0 fully saturated rings. The number of imidazole rings is 1. The second-order valence-electron chi connectivity index (χ2n) is 5.75. The smallest absolute Gasteiger partial charge is 0.326 e. The Morgan fingerprint density at radius 3 is 2.76 bits per heavy atom. The summed E-state index contributed by atoms with van der Waals surface area (Å²) < 4.78 is 13.6. The number of halogens is 1. The van der Waals surface area contributed by atoms with Crippen LogP contribution in [0.4, 0.5) is 4.39 Å². The number of aromatic nitrogens is 2. The van der Waals surface area contributed by atoms with Crippen molar-refractivity contribution < 1.29 is 19.1 Å². The number of nitrogens with one attached hydrogen (secondary N) is 2. The van der Waals surface area contributed by atoms with Gasteiger partial charge in [-0.3, -0.25) is 4.79 Å². The lowest BCUT2D eigenvalue weighted by Gasteiger charge is -2.17. The van der Waals surface area contributed by atoms with Gasteiger partial charge in [0.15, 0.2) is 0 Å². The molecule has 1 amide bonds. The van der Waals surface area contributed by atoms with Crippen molar-refractivity contribution in [2.45, 2.75) is 37.8 Å². The highest BCUT2D eigenvalue weighted by atomic mass is 19.1. The minimum Gasteiger partial charge on any atom is -0.480 e. The molecular formula is C17H21FN4O3. The molecule has 1 heterocycles. The quantitative estimate of drug-likeness (QED) is 0.539.